The quantitative estimate of drug-likeness (QED) is 0.141. The van der Waals surface area contributed by atoms with E-state index in [-0.39, 0.29) is 0 Å². The number of hydrogen-bond donors (Lipinski definition) is 0. The zero-order chi connectivity index (χ0) is 41.2. The van der Waals surface area contributed by atoms with Gasteiger partial charge in [0.15, 0.2) is 0 Å². The summed E-state index contributed by atoms with van der Waals surface area (Å²) >= 11 is 0. The number of benzene rings is 10. The summed E-state index contributed by atoms with van der Waals surface area (Å²) in [5, 5.41) is 2.49. The summed E-state index contributed by atoms with van der Waals surface area (Å²) in [5.41, 5.74) is 18.5. The van der Waals surface area contributed by atoms with Crippen LogP contribution in [0.3, 0.4) is 0 Å². The average molecular weight is 791 g/mol. The molecule has 11 aromatic rings. The van der Waals surface area contributed by atoms with Gasteiger partial charge in [0.05, 0.1) is 22.4 Å². The molecule has 0 radical (unpaired) electrons. The number of fused-ring (bicyclic) bond motifs is 3. The van der Waals surface area contributed by atoms with Gasteiger partial charge in [-0.25, -0.2) is 0 Å². The van der Waals surface area contributed by atoms with Gasteiger partial charge in [-0.1, -0.05) is 206 Å². The second-order valence-corrected chi connectivity index (χ2v) is 15.7. The van der Waals surface area contributed by atoms with E-state index in [9.17, 15) is 0 Å². The summed E-state index contributed by atoms with van der Waals surface area (Å²) in [6, 6.07) is 92.1. The molecule has 2 nitrogen and oxygen atoms in total. The van der Waals surface area contributed by atoms with Crippen LogP contribution < -0.4 is 4.90 Å². The number of nitrogens with zero attached hydrogens (tertiary/aromatic N) is 2. The molecule has 0 amide bonds. The first-order valence-corrected chi connectivity index (χ1v) is 21.3. The van der Waals surface area contributed by atoms with E-state index in [0.717, 1.165) is 50.6 Å². The smallest absolute Gasteiger partial charge is 0.0547 e. The molecule has 0 spiro atoms. The van der Waals surface area contributed by atoms with E-state index in [1.54, 1.807) is 0 Å². The largest absolute Gasteiger partial charge is 0.309 e. The second kappa shape index (κ2) is 16.1. The Labute approximate surface area is 362 Å². The molecule has 0 fully saturated rings. The molecule has 10 aromatic carbocycles. The lowest BCUT2D eigenvalue weighted by atomic mass is 9.88. The van der Waals surface area contributed by atoms with Crippen molar-refractivity contribution in [2.45, 2.75) is 0 Å². The maximum absolute atomic E-state index is 2.46. The highest BCUT2D eigenvalue weighted by atomic mass is 15.1. The van der Waals surface area contributed by atoms with Crippen molar-refractivity contribution in [3.8, 4) is 61.3 Å². The average Bonchev–Trinajstić information content (AvgIpc) is 3.69. The minimum absolute atomic E-state index is 1.07. The van der Waals surface area contributed by atoms with Crippen LogP contribution >= 0.6 is 0 Å². The normalized spacial score (nSPS) is 11.2. The molecule has 62 heavy (non-hydrogen) atoms. The number of aromatic nitrogens is 1. The second-order valence-electron chi connectivity index (χ2n) is 15.7. The highest BCUT2D eigenvalue weighted by Gasteiger charge is 2.23. The Bertz CT molecular complexity index is 3350. The number of rotatable bonds is 9. The van der Waals surface area contributed by atoms with Crippen LogP contribution in [0, 0.1) is 0 Å². The van der Waals surface area contributed by atoms with Crippen molar-refractivity contribution in [2.24, 2.45) is 0 Å². The Morgan fingerprint density at radius 3 is 1.40 bits per heavy atom. The van der Waals surface area contributed by atoms with Crippen LogP contribution in [0.1, 0.15) is 0 Å². The molecule has 0 saturated carbocycles. The first-order valence-electron chi connectivity index (χ1n) is 21.3. The van der Waals surface area contributed by atoms with Crippen LogP contribution in [0.4, 0.5) is 17.1 Å². The molecule has 0 aliphatic heterocycles. The van der Waals surface area contributed by atoms with Crippen LogP contribution in [-0.2, 0) is 0 Å². The molecule has 0 aliphatic carbocycles. The Hall–Kier alpha value is -8.20. The first-order chi connectivity index (χ1) is 30.8. The van der Waals surface area contributed by atoms with Gasteiger partial charge in [-0.3, -0.25) is 0 Å². The van der Waals surface area contributed by atoms with Crippen molar-refractivity contribution in [1.29, 1.82) is 0 Å². The van der Waals surface area contributed by atoms with Gasteiger partial charge in [0.2, 0.25) is 0 Å². The zero-order valence-electron chi connectivity index (χ0n) is 34.1. The molecular formula is C60H42N2. The SMILES string of the molecule is c1ccc(-c2ccccc2-c2ccccc2-c2ccccc2N(c2cccc(-c3ccc4c5ccccc5n(-c5ccccc5)c4c3)c2)c2ccccc2-c2ccccc2)cc1. The summed E-state index contributed by atoms with van der Waals surface area (Å²) in [5.74, 6) is 0. The molecule has 11 rings (SSSR count). The van der Waals surface area contributed by atoms with E-state index in [2.05, 4.69) is 264 Å². The van der Waals surface area contributed by atoms with E-state index >= 15 is 0 Å². The van der Waals surface area contributed by atoms with E-state index in [0.29, 0.717) is 0 Å². The number of hydrogen-bond acceptors (Lipinski definition) is 1. The van der Waals surface area contributed by atoms with Crippen LogP contribution in [0.2, 0.25) is 0 Å². The molecule has 0 unspecified atom stereocenters. The summed E-state index contributed by atoms with van der Waals surface area (Å²) in [6.07, 6.45) is 0. The van der Waals surface area contributed by atoms with E-state index in [1.165, 1.54) is 49.6 Å². The number of para-hydroxylation sites is 4. The monoisotopic (exact) mass is 790 g/mol. The fourth-order valence-electron chi connectivity index (χ4n) is 9.20. The fourth-order valence-corrected chi connectivity index (χ4v) is 9.20. The molecule has 292 valence electrons. The van der Waals surface area contributed by atoms with Gasteiger partial charge in [0.25, 0.3) is 0 Å². The minimum atomic E-state index is 1.07. The highest BCUT2D eigenvalue weighted by Crippen LogP contribution is 2.48. The fraction of sp³-hybridized carbons (Fsp3) is 0. The van der Waals surface area contributed by atoms with Gasteiger partial charge in [-0.2, -0.15) is 0 Å². The van der Waals surface area contributed by atoms with Crippen molar-refractivity contribution in [3.63, 3.8) is 0 Å². The Morgan fingerprint density at radius 2 is 0.710 bits per heavy atom. The van der Waals surface area contributed by atoms with Crippen molar-refractivity contribution >= 4 is 38.9 Å². The zero-order valence-corrected chi connectivity index (χ0v) is 34.1. The lowest BCUT2D eigenvalue weighted by Crippen LogP contribution is -2.12. The van der Waals surface area contributed by atoms with Crippen molar-refractivity contribution in [2.75, 3.05) is 4.90 Å². The maximum atomic E-state index is 2.46. The van der Waals surface area contributed by atoms with Gasteiger partial charge in [0.1, 0.15) is 0 Å². The van der Waals surface area contributed by atoms with Crippen LogP contribution in [0.25, 0.3) is 83.1 Å². The molecule has 0 atom stereocenters. The molecule has 1 heterocycles. The van der Waals surface area contributed by atoms with Gasteiger partial charge in [-0.15, -0.1) is 0 Å². The standard InChI is InChI=1S/C60H42N2/c1-4-21-43(22-5-1)49-29-10-11-31-51(49)52-32-12-13-33-53(52)54-34-15-18-37-58(54)62(57-36-17-14-30-50(57)44-23-6-2-7-24-44)48-28-20-25-45(41-48)46-39-40-56-55-35-16-19-38-59(55)61(60(56)42-46)47-26-8-3-9-27-47/h1-42H. The maximum Gasteiger partial charge on any atom is 0.0547 e. The van der Waals surface area contributed by atoms with Gasteiger partial charge < -0.3 is 9.47 Å². The van der Waals surface area contributed by atoms with Crippen molar-refractivity contribution in [3.05, 3.63) is 255 Å². The van der Waals surface area contributed by atoms with E-state index < -0.39 is 0 Å². The molecule has 0 bridgehead atoms. The Morgan fingerprint density at radius 1 is 0.258 bits per heavy atom. The first kappa shape index (κ1) is 36.8. The molecule has 1 aromatic heterocycles. The topological polar surface area (TPSA) is 8.17 Å². The lowest BCUT2D eigenvalue weighted by Gasteiger charge is -2.30. The molecule has 0 N–H and O–H groups in total. The Kier molecular flexibility index (Phi) is 9.57. The molecule has 2 heteroatoms. The molecule has 0 aliphatic rings. The summed E-state index contributed by atoms with van der Waals surface area (Å²) < 4.78 is 2.39. The lowest BCUT2D eigenvalue weighted by molar-refractivity contribution is 1.18. The van der Waals surface area contributed by atoms with Crippen LogP contribution in [-0.4, -0.2) is 4.57 Å². The predicted molar refractivity (Wildman–Crippen MR) is 263 cm³/mol. The third-order valence-electron chi connectivity index (χ3n) is 12.0. The van der Waals surface area contributed by atoms with E-state index in [4.69, 9.17) is 0 Å². The van der Waals surface area contributed by atoms with Gasteiger partial charge in [-0.05, 0) is 93.0 Å². The van der Waals surface area contributed by atoms with Crippen LogP contribution in [0.5, 0.6) is 0 Å². The minimum Gasteiger partial charge on any atom is -0.309 e. The third-order valence-corrected chi connectivity index (χ3v) is 12.0. The van der Waals surface area contributed by atoms with E-state index in [1.807, 2.05) is 0 Å². The summed E-state index contributed by atoms with van der Waals surface area (Å²) in [7, 11) is 0. The predicted octanol–water partition coefficient (Wildman–Crippen LogP) is 16.6. The summed E-state index contributed by atoms with van der Waals surface area (Å²) in [4.78, 5) is 2.46. The van der Waals surface area contributed by atoms with Crippen LogP contribution in [0.15, 0.2) is 255 Å². The van der Waals surface area contributed by atoms with Crippen molar-refractivity contribution in [1.82, 2.24) is 4.57 Å². The van der Waals surface area contributed by atoms with Gasteiger partial charge >= 0.3 is 0 Å². The summed E-state index contributed by atoms with van der Waals surface area (Å²) in [6.45, 7) is 0. The molecular weight excluding hydrogens is 749 g/mol. The van der Waals surface area contributed by atoms with Gasteiger partial charge in [0, 0.05) is 33.3 Å². The van der Waals surface area contributed by atoms with Crippen molar-refractivity contribution < 1.29 is 0 Å². The third kappa shape index (κ3) is 6.65. The number of anilines is 3. The Balaban J connectivity index is 1.12. The highest BCUT2D eigenvalue weighted by molar-refractivity contribution is 6.10. The molecule has 0 saturated heterocycles.